The highest BCUT2D eigenvalue weighted by Crippen LogP contribution is 2.35. The van der Waals surface area contributed by atoms with Crippen molar-refractivity contribution in [3.05, 3.63) is 18.2 Å². The van der Waals surface area contributed by atoms with Crippen LogP contribution in [0, 0.1) is 0 Å². The van der Waals surface area contributed by atoms with Crippen molar-refractivity contribution < 1.29 is 31.4 Å². The number of alkyl halides is 5. The Morgan fingerprint density at radius 2 is 1.69 bits per heavy atom. The molecule has 0 atom stereocenters. The molecule has 0 radical (unpaired) electrons. The molecule has 1 rings (SSSR count). The minimum absolute atomic E-state index is 0.572. The number of rotatable bonds is 3. The van der Waals surface area contributed by atoms with Crippen LogP contribution in [0.1, 0.15) is 0 Å². The SMILES string of the molecule is Nc1c(OC(F)F)cccc1OC(F)(F)F. The normalized spacial score (nSPS) is 11.6. The third-order valence-corrected chi connectivity index (χ3v) is 1.47. The molecule has 0 saturated heterocycles. The van der Waals surface area contributed by atoms with E-state index in [0.717, 1.165) is 18.2 Å². The van der Waals surface area contributed by atoms with Gasteiger partial charge in [0.2, 0.25) is 0 Å². The summed E-state index contributed by atoms with van der Waals surface area (Å²) >= 11 is 0. The number of para-hydroxylation sites is 1. The van der Waals surface area contributed by atoms with E-state index in [-0.39, 0.29) is 0 Å². The third kappa shape index (κ3) is 3.44. The molecule has 0 aromatic heterocycles. The van der Waals surface area contributed by atoms with Crippen molar-refractivity contribution >= 4 is 5.69 Å². The van der Waals surface area contributed by atoms with Gasteiger partial charge in [0.15, 0.2) is 11.5 Å². The summed E-state index contributed by atoms with van der Waals surface area (Å²) in [6, 6.07) is 2.95. The zero-order chi connectivity index (χ0) is 12.3. The molecular weight excluding hydrogens is 237 g/mol. The lowest BCUT2D eigenvalue weighted by Gasteiger charge is -2.13. The van der Waals surface area contributed by atoms with Gasteiger partial charge in [0, 0.05) is 0 Å². The van der Waals surface area contributed by atoms with E-state index in [0.29, 0.717) is 0 Å². The highest BCUT2D eigenvalue weighted by atomic mass is 19.4. The van der Waals surface area contributed by atoms with Crippen LogP contribution in [-0.4, -0.2) is 13.0 Å². The molecule has 0 aliphatic heterocycles. The van der Waals surface area contributed by atoms with Crippen LogP contribution in [0.5, 0.6) is 11.5 Å². The van der Waals surface area contributed by atoms with Crippen LogP contribution in [0.25, 0.3) is 0 Å². The van der Waals surface area contributed by atoms with Crippen molar-refractivity contribution in [1.29, 1.82) is 0 Å². The molecule has 0 amide bonds. The van der Waals surface area contributed by atoms with E-state index in [9.17, 15) is 22.0 Å². The van der Waals surface area contributed by atoms with Crippen molar-refractivity contribution in [1.82, 2.24) is 0 Å². The molecule has 90 valence electrons. The maximum absolute atomic E-state index is 11.8. The highest BCUT2D eigenvalue weighted by molar-refractivity contribution is 5.62. The summed E-state index contributed by atoms with van der Waals surface area (Å²) in [5.41, 5.74) is 4.52. The summed E-state index contributed by atoms with van der Waals surface area (Å²) in [6.45, 7) is -3.18. The van der Waals surface area contributed by atoms with Crippen LogP contribution in [0.3, 0.4) is 0 Å². The topological polar surface area (TPSA) is 44.5 Å². The van der Waals surface area contributed by atoms with E-state index in [1.165, 1.54) is 0 Å². The lowest BCUT2D eigenvalue weighted by molar-refractivity contribution is -0.274. The number of hydrogen-bond donors (Lipinski definition) is 1. The number of benzene rings is 1. The first-order valence-electron chi connectivity index (χ1n) is 3.88. The molecule has 0 spiro atoms. The van der Waals surface area contributed by atoms with E-state index in [2.05, 4.69) is 9.47 Å². The number of halogens is 5. The Bertz CT molecular complexity index is 366. The van der Waals surface area contributed by atoms with Gasteiger partial charge in [-0.15, -0.1) is 13.2 Å². The van der Waals surface area contributed by atoms with Crippen molar-refractivity contribution in [2.45, 2.75) is 13.0 Å². The first-order chi connectivity index (χ1) is 7.29. The lowest BCUT2D eigenvalue weighted by Crippen LogP contribution is -2.18. The Balaban J connectivity index is 2.95. The standard InChI is InChI=1S/C8H6F5NO2/c9-7(10)15-4-2-1-3-5(6(4)14)16-8(11,12)13/h1-3,7H,14H2. The van der Waals surface area contributed by atoms with Crippen molar-refractivity contribution in [3.8, 4) is 11.5 Å². The van der Waals surface area contributed by atoms with Gasteiger partial charge in [-0.3, -0.25) is 0 Å². The Kier molecular flexibility index (Phi) is 3.41. The molecule has 16 heavy (non-hydrogen) atoms. The van der Waals surface area contributed by atoms with E-state index in [4.69, 9.17) is 5.73 Å². The van der Waals surface area contributed by atoms with E-state index in [1.54, 1.807) is 0 Å². The fourth-order valence-corrected chi connectivity index (χ4v) is 0.936. The van der Waals surface area contributed by atoms with Crippen LogP contribution < -0.4 is 15.2 Å². The van der Waals surface area contributed by atoms with Crippen LogP contribution in [0.15, 0.2) is 18.2 Å². The van der Waals surface area contributed by atoms with Gasteiger partial charge in [0.05, 0.1) is 0 Å². The quantitative estimate of drug-likeness (QED) is 0.655. The number of ether oxygens (including phenoxy) is 2. The summed E-state index contributed by atoms with van der Waals surface area (Å²) in [5, 5.41) is 0. The predicted molar refractivity (Wildman–Crippen MR) is 44.2 cm³/mol. The summed E-state index contributed by atoms with van der Waals surface area (Å²) in [4.78, 5) is 0. The summed E-state index contributed by atoms with van der Waals surface area (Å²) in [6.07, 6.45) is -4.95. The number of hydrogen-bond acceptors (Lipinski definition) is 3. The number of nitrogens with two attached hydrogens (primary N) is 1. The lowest BCUT2D eigenvalue weighted by atomic mass is 10.3. The predicted octanol–water partition coefficient (Wildman–Crippen LogP) is 2.77. The fraction of sp³-hybridized carbons (Fsp3) is 0.250. The second-order valence-corrected chi connectivity index (χ2v) is 2.59. The molecule has 0 aliphatic rings. The molecule has 3 nitrogen and oxygen atoms in total. The van der Waals surface area contributed by atoms with E-state index < -0.39 is 30.2 Å². The second kappa shape index (κ2) is 4.42. The Labute approximate surface area is 86.6 Å². The largest absolute Gasteiger partial charge is 0.573 e. The third-order valence-electron chi connectivity index (χ3n) is 1.47. The van der Waals surface area contributed by atoms with Gasteiger partial charge in [-0.25, -0.2) is 0 Å². The van der Waals surface area contributed by atoms with Crippen LogP contribution in [-0.2, 0) is 0 Å². The van der Waals surface area contributed by atoms with Crippen molar-refractivity contribution in [3.63, 3.8) is 0 Å². The fourth-order valence-electron chi connectivity index (χ4n) is 0.936. The molecule has 0 fully saturated rings. The molecule has 1 aromatic rings. The average molecular weight is 243 g/mol. The Morgan fingerprint density at radius 3 is 2.19 bits per heavy atom. The van der Waals surface area contributed by atoms with Crippen molar-refractivity contribution in [2.24, 2.45) is 0 Å². The number of anilines is 1. The van der Waals surface area contributed by atoms with Gasteiger partial charge in [-0.05, 0) is 12.1 Å². The molecule has 0 aliphatic carbocycles. The van der Waals surface area contributed by atoms with E-state index in [1.807, 2.05) is 0 Å². The molecule has 8 heteroatoms. The first kappa shape index (κ1) is 12.3. The molecule has 0 saturated carbocycles. The zero-order valence-electron chi connectivity index (χ0n) is 7.59. The van der Waals surface area contributed by atoms with Crippen molar-refractivity contribution in [2.75, 3.05) is 5.73 Å². The van der Waals surface area contributed by atoms with Crippen LogP contribution in [0.2, 0.25) is 0 Å². The van der Waals surface area contributed by atoms with Gasteiger partial charge in [-0.2, -0.15) is 8.78 Å². The molecule has 0 bridgehead atoms. The van der Waals surface area contributed by atoms with E-state index >= 15 is 0 Å². The molecule has 2 N–H and O–H groups in total. The average Bonchev–Trinajstić information content (AvgIpc) is 2.09. The minimum Gasteiger partial charge on any atom is -0.432 e. The second-order valence-electron chi connectivity index (χ2n) is 2.59. The zero-order valence-corrected chi connectivity index (χ0v) is 7.59. The van der Waals surface area contributed by atoms with Crippen LogP contribution >= 0.6 is 0 Å². The van der Waals surface area contributed by atoms with Gasteiger partial charge < -0.3 is 15.2 Å². The summed E-state index contributed by atoms with van der Waals surface area (Å²) < 4.78 is 66.6. The summed E-state index contributed by atoms with van der Waals surface area (Å²) in [5.74, 6) is -1.36. The number of nitrogen functional groups attached to an aromatic ring is 1. The molecule has 1 aromatic carbocycles. The molecule has 0 heterocycles. The molecular formula is C8H6F5NO2. The maximum atomic E-state index is 11.8. The monoisotopic (exact) mass is 243 g/mol. The van der Waals surface area contributed by atoms with Gasteiger partial charge in [0.25, 0.3) is 0 Å². The summed E-state index contributed by atoms with van der Waals surface area (Å²) in [7, 11) is 0. The Morgan fingerprint density at radius 1 is 1.12 bits per heavy atom. The minimum atomic E-state index is -4.95. The highest BCUT2D eigenvalue weighted by Gasteiger charge is 2.32. The van der Waals surface area contributed by atoms with Gasteiger partial charge in [-0.1, -0.05) is 6.07 Å². The van der Waals surface area contributed by atoms with Crippen LogP contribution in [0.4, 0.5) is 27.6 Å². The maximum Gasteiger partial charge on any atom is 0.573 e. The Hall–Kier alpha value is -1.73. The first-order valence-corrected chi connectivity index (χ1v) is 3.88. The van der Waals surface area contributed by atoms with Gasteiger partial charge >= 0.3 is 13.0 Å². The molecule has 0 unspecified atom stereocenters. The smallest absolute Gasteiger partial charge is 0.432 e. The van der Waals surface area contributed by atoms with Gasteiger partial charge in [0.1, 0.15) is 5.69 Å².